The molecule has 0 atom stereocenters. The molecule has 15 heavy (non-hydrogen) atoms. The van der Waals surface area contributed by atoms with E-state index in [2.05, 4.69) is 10.2 Å². The zero-order valence-electron chi connectivity index (χ0n) is 7.98. The fourth-order valence-corrected chi connectivity index (χ4v) is 2.11. The first kappa shape index (κ1) is 10.3. The Morgan fingerprint density at radius 1 is 1.47 bits per heavy atom. The summed E-state index contributed by atoms with van der Waals surface area (Å²) in [6.45, 7) is 2.31. The molecule has 78 valence electrons. The molecular weight excluding hydrogens is 234 g/mol. The average molecular weight is 242 g/mol. The van der Waals surface area contributed by atoms with Gasteiger partial charge < -0.3 is 4.57 Å². The van der Waals surface area contributed by atoms with Crippen LogP contribution in [0, 0.1) is 6.92 Å². The SMILES string of the molecule is Cc1cccc(=O)n1Cc1nnc(Cl)s1. The first-order valence-electron chi connectivity index (χ1n) is 4.31. The van der Waals surface area contributed by atoms with Gasteiger partial charge in [0.2, 0.25) is 4.47 Å². The van der Waals surface area contributed by atoms with Crippen molar-refractivity contribution in [3.63, 3.8) is 0 Å². The summed E-state index contributed by atoms with van der Waals surface area (Å²) in [5.74, 6) is 0. The molecule has 0 N–H and O–H groups in total. The number of halogens is 1. The van der Waals surface area contributed by atoms with Crippen molar-refractivity contribution < 1.29 is 0 Å². The van der Waals surface area contributed by atoms with E-state index in [4.69, 9.17) is 11.6 Å². The summed E-state index contributed by atoms with van der Waals surface area (Å²) < 4.78 is 2.03. The lowest BCUT2D eigenvalue weighted by molar-refractivity contribution is 0.717. The highest BCUT2D eigenvalue weighted by molar-refractivity contribution is 7.15. The van der Waals surface area contributed by atoms with Gasteiger partial charge in [-0.05, 0) is 24.6 Å². The Labute approximate surface area is 95.2 Å². The molecule has 2 aromatic heterocycles. The van der Waals surface area contributed by atoms with E-state index in [1.54, 1.807) is 10.6 Å². The quantitative estimate of drug-likeness (QED) is 0.804. The molecule has 0 saturated heterocycles. The van der Waals surface area contributed by atoms with Gasteiger partial charge in [0.05, 0.1) is 6.54 Å². The van der Waals surface area contributed by atoms with E-state index in [0.717, 1.165) is 10.7 Å². The topological polar surface area (TPSA) is 47.8 Å². The number of aryl methyl sites for hydroxylation is 1. The average Bonchev–Trinajstić information content (AvgIpc) is 2.58. The minimum Gasteiger partial charge on any atom is -0.306 e. The molecule has 6 heteroatoms. The van der Waals surface area contributed by atoms with E-state index < -0.39 is 0 Å². The summed E-state index contributed by atoms with van der Waals surface area (Å²) in [5, 5.41) is 8.29. The molecule has 0 aliphatic heterocycles. The van der Waals surface area contributed by atoms with Gasteiger partial charge in [0, 0.05) is 11.8 Å². The molecular formula is C9H8ClN3OS. The Morgan fingerprint density at radius 3 is 2.87 bits per heavy atom. The van der Waals surface area contributed by atoms with Crippen LogP contribution >= 0.6 is 22.9 Å². The Hall–Kier alpha value is -1.20. The molecule has 2 aromatic rings. The molecule has 0 bridgehead atoms. The van der Waals surface area contributed by atoms with E-state index in [1.165, 1.54) is 17.4 Å². The molecule has 2 heterocycles. The third-order valence-electron chi connectivity index (χ3n) is 2.00. The van der Waals surface area contributed by atoms with Crippen LogP contribution in [0.25, 0.3) is 0 Å². The van der Waals surface area contributed by atoms with Gasteiger partial charge in [-0.25, -0.2) is 0 Å². The van der Waals surface area contributed by atoms with E-state index in [9.17, 15) is 4.79 Å². The first-order valence-corrected chi connectivity index (χ1v) is 5.50. The van der Waals surface area contributed by atoms with Gasteiger partial charge in [0.15, 0.2) is 0 Å². The van der Waals surface area contributed by atoms with Crippen molar-refractivity contribution in [2.45, 2.75) is 13.5 Å². The van der Waals surface area contributed by atoms with Crippen molar-refractivity contribution in [2.24, 2.45) is 0 Å². The van der Waals surface area contributed by atoms with Crippen LogP contribution in [0.4, 0.5) is 0 Å². The normalized spacial score (nSPS) is 10.5. The van der Waals surface area contributed by atoms with Gasteiger partial charge in [-0.3, -0.25) is 4.79 Å². The zero-order valence-corrected chi connectivity index (χ0v) is 9.55. The highest BCUT2D eigenvalue weighted by atomic mass is 35.5. The second-order valence-corrected chi connectivity index (χ2v) is 4.68. The van der Waals surface area contributed by atoms with Crippen LogP contribution in [-0.4, -0.2) is 14.8 Å². The lowest BCUT2D eigenvalue weighted by atomic mass is 10.3. The summed E-state index contributed by atoms with van der Waals surface area (Å²) in [7, 11) is 0. The van der Waals surface area contributed by atoms with Gasteiger partial charge in [-0.1, -0.05) is 17.4 Å². The first-order chi connectivity index (χ1) is 7.16. The fraction of sp³-hybridized carbons (Fsp3) is 0.222. The lowest BCUT2D eigenvalue weighted by Gasteiger charge is -2.05. The van der Waals surface area contributed by atoms with Gasteiger partial charge in [0.25, 0.3) is 5.56 Å². The maximum absolute atomic E-state index is 11.5. The third-order valence-corrected chi connectivity index (χ3v) is 3.01. The van der Waals surface area contributed by atoms with E-state index in [-0.39, 0.29) is 5.56 Å². The number of pyridine rings is 1. The molecule has 0 fully saturated rings. The molecule has 0 amide bonds. The number of rotatable bonds is 2. The van der Waals surface area contributed by atoms with E-state index >= 15 is 0 Å². The second kappa shape index (κ2) is 4.12. The molecule has 2 rings (SSSR count). The second-order valence-electron chi connectivity index (χ2n) is 3.04. The number of hydrogen-bond acceptors (Lipinski definition) is 4. The highest BCUT2D eigenvalue weighted by Crippen LogP contribution is 2.15. The summed E-state index contributed by atoms with van der Waals surface area (Å²) in [5.41, 5.74) is 0.857. The molecule has 4 nitrogen and oxygen atoms in total. The molecule has 0 saturated carbocycles. The maximum Gasteiger partial charge on any atom is 0.251 e. The van der Waals surface area contributed by atoms with Crippen LogP contribution in [0.15, 0.2) is 23.0 Å². The summed E-state index contributed by atoms with van der Waals surface area (Å²) in [6, 6.07) is 5.14. The van der Waals surface area contributed by atoms with Crippen LogP contribution in [0.1, 0.15) is 10.7 Å². The summed E-state index contributed by atoms with van der Waals surface area (Å²) >= 11 is 6.95. The van der Waals surface area contributed by atoms with Crippen LogP contribution in [0.5, 0.6) is 0 Å². The monoisotopic (exact) mass is 241 g/mol. The molecule has 0 aliphatic carbocycles. The van der Waals surface area contributed by atoms with Crippen molar-refractivity contribution >= 4 is 22.9 Å². The number of aromatic nitrogens is 3. The lowest BCUT2D eigenvalue weighted by Crippen LogP contribution is -2.21. The third kappa shape index (κ3) is 2.24. The molecule has 0 aliphatic rings. The zero-order chi connectivity index (χ0) is 10.8. The predicted octanol–water partition coefficient (Wildman–Crippen LogP) is 1.71. The Morgan fingerprint density at radius 2 is 2.27 bits per heavy atom. The van der Waals surface area contributed by atoms with Crippen molar-refractivity contribution in [1.29, 1.82) is 0 Å². The molecule has 0 aromatic carbocycles. The Kier molecular flexibility index (Phi) is 2.83. The van der Waals surface area contributed by atoms with Crippen molar-refractivity contribution in [1.82, 2.24) is 14.8 Å². The van der Waals surface area contributed by atoms with Crippen LogP contribution in [0.3, 0.4) is 0 Å². The molecule has 0 spiro atoms. The van der Waals surface area contributed by atoms with Gasteiger partial charge in [-0.15, -0.1) is 10.2 Å². The van der Waals surface area contributed by atoms with Crippen LogP contribution in [0.2, 0.25) is 4.47 Å². The largest absolute Gasteiger partial charge is 0.306 e. The van der Waals surface area contributed by atoms with Gasteiger partial charge in [-0.2, -0.15) is 0 Å². The molecule has 0 unspecified atom stereocenters. The summed E-state index contributed by atoms with van der Waals surface area (Å²) in [6.07, 6.45) is 0. The highest BCUT2D eigenvalue weighted by Gasteiger charge is 2.05. The van der Waals surface area contributed by atoms with E-state index in [1.807, 2.05) is 13.0 Å². The summed E-state index contributed by atoms with van der Waals surface area (Å²) in [4.78, 5) is 11.5. The number of nitrogens with zero attached hydrogens (tertiary/aromatic N) is 3. The predicted molar refractivity (Wildman–Crippen MR) is 59.5 cm³/mol. The Balaban J connectivity index is 2.36. The standard InChI is InChI=1S/C9H8ClN3OS/c1-6-3-2-4-8(14)13(6)5-7-11-12-9(10)15-7/h2-4H,5H2,1H3. The van der Waals surface area contributed by atoms with Crippen LogP contribution < -0.4 is 5.56 Å². The van der Waals surface area contributed by atoms with Crippen molar-refractivity contribution in [2.75, 3.05) is 0 Å². The Bertz CT molecular complexity index is 534. The number of hydrogen-bond donors (Lipinski definition) is 0. The van der Waals surface area contributed by atoms with Crippen molar-refractivity contribution in [3.8, 4) is 0 Å². The minimum absolute atomic E-state index is 0.0404. The fourth-order valence-electron chi connectivity index (χ4n) is 1.26. The van der Waals surface area contributed by atoms with E-state index in [0.29, 0.717) is 11.0 Å². The minimum atomic E-state index is -0.0404. The van der Waals surface area contributed by atoms with Gasteiger partial charge >= 0.3 is 0 Å². The van der Waals surface area contributed by atoms with Crippen LogP contribution in [-0.2, 0) is 6.54 Å². The molecule has 0 radical (unpaired) electrons. The smallest absolute Gasteiger partial charge is 0.251 e. The maximum atomic E-state index is 11.5. The van der Waals surface area contributed by atoms with Gasteiger partial charge in [0.1, 0.15) is 5.01 Å². The van der Waals surface area contributed by atoms with Crippen molar-refractivity contribution in [3.05, 3.63) is 43.7 Å².